The average molecular weight is 242 g/mol. The van der Waals surface area contributed by atoms with E-state index in [1.165, 1.54) is 12.8 Å². The second-order valence-corrected chi connectivity index (χ2v) is 4.95. The van der Waals surface area contributed by atoms with Crippen molar-refractivity contribution in [2.24, 2.45) is 0 Å². The third kappa shape index (κ3) is 4.18. The number of aryl methyl sites for hydroxylation is 2. The molecule has 4 heteroatoms. The zero-order chi connectivity index (χ0) is 12.0. The summed E-state index contributed by atoms with van der Waals surface area (Å²) in [5.74, 6) is 1.96. The normalized spacial score (nSPS) is 13.0. The summed E-state index contributed by atoms with van der Waals surface area (Å²) in [6, 6.07) is 0.563. The lowest BCUT2D eigenvalue weighted by Crippen LogP contribution is -2.30. The van der Waals surface area contributed by atoms with Crippen molar-refractivity contribution in [3.8, 4) is 0 Å². The predicted octanol–water partition coefficient (Wildman–Crippen LogP) is 3.16. The number of rotatable bonds is 7. The summed E-state index contributed by atoms with van der Waals surface area (Å²) >= 11 is 1.70. The van der Waals surface area contributed by atoms with Crippen LogP contribution in [0.5, 0.6) is 0 Å². The first-order valence-corrected chi connectivity index (χ1v) is 6.96. The molecule has 0 aromatic carbocycles. The Balaban J connectivity index is 2.41. The van der Waals surface area contributed by atoms with E-state index >= 15 is 0 Å². The van der Waals surface area contributed by atoms with Crippen molar-refractivity contribution in [2.45, 2.75) is 51.8 Å². The number of nitrogens with one attached hydrogen (secondary N) is 1. The average Bonchev–Trinajstić information content (AvgIpc) is 2.56. The summed E-state index contributed by atoms with van der Waals surface area (Å²) in [6.07, 6.45) is 2.42. The third-order valence-corrected chi connectivity index (χ3v) is 3.54. The van der Waals surface area contributed by atoms with E-state index in [1.54, 1.807) is 11.8 Å². The van der Waals surface area contributed by atoms with Gasteiger partial charge in [0.2, 0.25) is 0 Å². The number of hydrogen-bond donors (Lipinski definition) is 1. The minimum Gasteiger partial charge on any atom is -0.437 e. The van der Waals surface area contributed by atoms with Crippen LogP contribution in [0.25, 0.3) is 0 Å². The predicted molar refractivity (Wildman–Crippen MR) is 69.1 cm³/mol. The second kappa shape index (κ2) is 6.97. The van der Waals surface area contributed by atoms with Gasteiger partial charge in [-0.2, -0.15) is 0 Å². The highest BCUT2D eigenvalue weighted by atomic mass is 32.2. The van der Waals surface area contributed by atoms with Crippen LogP contribution in [0.1, 0.15) is 38.1 Å². The van der Waals surface area contributed by atoms with Crippen molar-refractivity contribution in [3.63, 3.8) is 0 Å². The van der Waals surface area contributed by atoms with Crippen LogP contribution in [0.3, 0.4) is 0 Å². The van der Waals surface area contributed by atoms with Crippen LogP contribution >= 0.6 is 11.8 Å². The molecule has 0 radical (unpaired) electrons. The standard InChI is InChI=1S/C12H22N2OS/c1-5-7-11(13-6-2)8-16-12-14-9(3)10(4)15-12/h11,13H,5-8H2,1-4H3. The van der Waals surface area contributed by atoms with E-state index in [4.69, 9.17) is 4.42 Å². The second-order valence-electron chi connectivity index (χ2n) is 3.98. The number of aromatic nitrogens is 1. The van der Waals surface area contributed by atoms with Crippen LogP contribution in [0, 0.1) is 13.8 Å². The quantitative estimate of drug-likeness (QED) is 0.745. The number of thioether (sulfide) groups is 1. The Morgan fingerprint density at radius 2 is 2.12 bits per heavy atom. The van der Waals surface area contributed by atoms with Gasteiger partial charge in [-0.25, -0.2) is 4.98 Å². The molecule has 0 saturated carbocycles. The summed E-state index contributed by atoms with van der Waals surface area (Å²) in [4.78, 5) is 4.37. The molecule has 0 aliphatic heterocycles. The maximum Gasteiger partial charge on any atom is 0.256 e. The van der Waals surface area contributed by atoms with Gasteiger partial charge in [-0.1, -0.05) is 32.0 Å². The molecule has 0 spiro atoms. The molecule has 1 N–H and O–H groups in total. The Hall–Kier alpha value is -0.480. The van der Waals surface area contributed by atoms with Gasteiger partial charge in [0.05, 0.1) is 5.69 Å². The minimum atomic E-state index is 0.563. The Kier molecular flexibility index (Phi) is 5.91. The lowest BCUT2D eigenvalue weighted by Gasteiger charge is -2.15. The molecule has 0 fully saturated rings. The maximum absolute atomic E-state index is 5.55. The van der Waals surface area contributed by atoms with Gasteiger partial charge < -0.3 is 9.73 Å². The van der Waals surface area contributed by atoms with Crippen LogP contribution in [0.4, 0.5) is 0 Å². The molecule has 1 unspecified atom stereocenters. The highest BCUT2D eigenvalue weighted by Crippen LogP contribution is 2.21. The number of nitrogens with zero attached hydrogens (tertiary/aromatic N) is 1. The Labute approximate surface area is 102 Å². The van der Waals surface area contributed by atoms with Gasteiger partial charge >= 0.3 is 0 Å². The van der Waals surface area contributed by atoms with Crippen molar-refractivity contribution in [1.29, 1.82) is 0 Å². The first-order chi connectivity index (χ1) is 7.67. The van der Waals surface area contributed by atoms with Gasteiger partial charge in [-0.3, -0.25) is 0 Å². The molecule has 0 saturated heterocycles. The smallest absolute Gasteiger partial charge is 0.256 e. The summed E-state index contributed by atoms with van der Waals surface area (Å²) < 4.78 is 5.55. The number of oxazole rings is 1. The van der Waals surface area contributed by atoms with Crippen LogP contribution in [-0.4, -0.2) is 23.3 Å². The zero-order valence-electron chi connectivity index (χ0n) is 10.7. The van der Waals surface area contributed by atoms with Gasteiger partial charge in [-0.05, 0) is 26.8 Å². The molecular weight excluding hydrogens is 220 g/mol. The van der Waals surface area contributed by atoms with Crippen molar-refractivity contribution >= 4 is 11.8 Å². The fourth-order valence-electron chi connectivity index (χ4n) is 1.56. The highest BCUT2D eigenvalue weighted by Gasteiger charge is 2.10. The monoisotopic (exact) mass is 242 g/mol. The molecule has 1 heterocycles. The molecule has 0 amide bonds. The maximum atomic E-state index is 5.55. The van der Waals surface area contributed by atoms with Crippen LogP contribution < -0.4 is 5.32 Å². The number of hydrogen-bond acceptors (Lipinski definition) is 4. The van der Waals surface area contributed by atoms with Crippen LogP contribution in [-0.2, 0) is 0 Å². The van der Waals surface area contributed by atoms with Gasteiger partial charge in [0.1, 0.15) is 5.76 Å². The van der Waals surface area contributed by atoms with E-state index in [9.17, 15) is 0 Å². The van der Waals surface area contributed by atoms with E-state index in [0.717, 1.165) is 29.0 Å². The molecule has 1 aromatic heterocycles. The first kappa shape index (κ1) is 13.6. The van der Waals surface area contributed by atoms with Gasteiger partial charge in [0.15, 0.2) is 0 Å². The van der Waals surface area contributed by atoms with Crippen LogP contribution in [0.15, 0.2) is 9.64 Å². The molecule has 3 nitrogen and oxygen atoms in total. The van der Waals surface area contributed by atoms with Gasteiger partial charge in [0.25, 0.3) is 5.22 Å². The molecule has 1 atom stereocenters. The van der Waals surface area contributed by atoms with E-state index in [2.05, 4.69) is 24.1 Å². The Bertz CT molecular complexity index is 286. The summed E-state index contributed by atoms with van der Waals surface area (Å²) in [7, 11) is 0. The fraction of sp³-hybridized carbons (Fsp3) is 0.750. The Morgan fingerprint density at radius 3 is 2.62 bits per heavy atom. The molecule has 1 rings (SSSR count). The van der Waals surface area contributed by atoms with E-state index in [-0.39, 0.29) is 0 Å². The van der Waals surface area contributed by atoms with Gasteiger partial charge in [-0.15, -0.1) is 0 Å². The van der Waals surface area contributed by atoms with Crippen molar-refractivity contribution in [1.82, 2.24) is 10.3 Å². The van der Waals surface area contributed by atoms with Crippen molar-refractivity contribution < 1.29 is 4.42 Å². The minimum absolute atomic E-state index is 0.563. The summed E-state index contributed by atoms with van der Waals surface area (Å²) in [6.45, 7) is 9.33. The molecule has 92 valence electrons. The highest BCUT2D eigenvalue weighted by molar-refractivity contribution is 7.99. The molecular formula is C12H22N2OS. The lowest BCUT2D eigenvalue weighted by molar-refractivity contribution is 0.429. The molecule has 0 bridgehead atoms. The molecule has 0 aliphatic rings. The molecule has 0 aliphatic carbocycles. The SMILES string of the molecule is CCCC(CSc1nc(C)c(C)o1)NCC. The lowest BCUT2D eigenvalue weighted by atomic mass is 10.2. The summed E-state index contributed by atoms with van der Waals surface area (Å²) in [5.41, 5.74) is 0.998. The van der Waals surface area contributed by atoms with Crippen molar-refractivity contribution in [2.75, 3.05) is 12.3 Å². The molecule has 1 aromatic rings. The first-order valence-electron chi connectivity index (χ1n) is 5.97. The largest absolute Gasteiger partial charge is 0.437 e. The van der Waals surface area contributed by atoms with Gasteiger partial charge in [0, 0.05) is 11.8 Å². The van der Waals surface area contributed by atoms with E-state index < -0.39 is 0 Å². The fourth-order valence-corrected chi connectivity index (χ4v) is 2.57. The topological polar surface area (TPSA) is 38.1 Å². The Morgan fingerprint density at radius 1 is 1.38 bits per heavy atom. The van der Waals surface area contributed by atoms with Crippen LogP contribution in [0.2, 0.25) is 0 Å². The van der Waals surface area contributed by atoms with E-state index in [1.807, 2.05) is 13.8 Å². The van der Waals surface area contributed by atoms with E-state index in [0.29, 0.717) is 6.04 Å². The summed E-state index contributed by atoms with van der Waals surface area (Å²) in [5, 5.41) is 4.28. The molecule has 16 heavy (non-hydrogen) atoms. The third-order valence-electron chi connectivity index (χ3n) is 2.55. The van der Waals surface area contributed by atoms with Crippen molar-refractivity contribution in [3.05, 3.63) is 11.5 Å². The zero-order valence-corrected chi connectivity index (χ0v) is 11.5.